The first kappa shape index (κ1) is 20.5. The highest BCUT2D eigenvalue weighted by Gasteiger charge is 2.77. The normalized spacial score (nSPS) is 63.0. The molecular formula is C28H46O2. The highest BCUT2D eigenvalue weighted by Crippen LogP contribution is 2.84. The zero-order valence-corrected chi connectivity index (χ0v) is 20.2. The molecule has 0 aromatic rings. The average molecular weight is 415 g/mol. The van der Waals surface area contributed by atoms with Crippen LogP contribution in [0.25, 0.3) is 0 Å². The van der Waals surface area contributed by atoms with Crippen molar-refractivity contribution in [2.24, 2.45) is 32.5 Å². The van der Waals surface area contributed by atoms with Crippen molar-refractivity contribution >= 4 is 0 Å². The summed E-state index contributed by atoms with van der Waals surface area (Å²) in [4.78, 5) is 0. The fraction of sp³-hybridized carbons (Fsp3) is 1.00. The third-order valence-corrected chi connectivity index (χ3v) is 12.6. The van der Waals surface area contributed by atoms with Crippen molar-refractivity contribution in [2.75, 3.05) is 0 Å². The molecule has 0 heterocycles. The summed E-state index contributed by atoms with van der Waals surface area (Å²) in [6.07, 6.45) is 19.3. The summed E-state index contributed by atoms with van der Waals surface area (Å²) in [7, 11) is 0. The van der Waals surface area contributed by atoms with Gasteiger partial charge in [0.2, 0.25) is 0 Å². The lowest BCUT2D eigenvalue weighted by Gasteiger charge is -2.79. The van der Waals surface area contributed by atoms with Crippen molar-refractivity contribution in [2.45, 2.75) is 142 Å². The largest absolute Gasteiger partial charge is 0.390 e. The molecule has 0 saturated heterocycles. The lowest BCUT2D eigenvalue weighted by molar-refractivity contribution is -0.327. The van der Waals surface area contributed by atoms with E-state index in [1.165, 1.54) is 64.2 Å². The molecule has 0 aliphatic heterocycles. The predicted octanol–water partition coefficient (Wildman–Crippen LogP) is 6.77. The zero-order valence-electron chi connectivity index (χ0n) is 20.2. The van der Waals surface area contributed by atoms with Gasteiger partial charge >= 0.3 is 0 Å². The van der Waals surface area contributed by atoms with Crippen LogP contribution in [0.2, 0.25) is 0 Å². The minimum absolute atomic E-state index is 0.262. The van der Waals surface area contributed by atoms with E-state index >= 15 is 0 Å². The average Bonchev–Trinajstić information content (AvgIpc) is 2.64. The maximum absolute atomic E-state index is 12.0. The van der Waals surface area contributed by atoms with Crippen LogP contribution in [0, 0.1) is 32.5 Å². The second-order valence-corrected chi connectivity index (χ2v) is 14.5. The highest BCUT2D eigenvalue weighted by atomic mass is 16.3. The molecule has 8 aliphatic rings. The van der Waals surface area contributed by atoms with Gasteiger partial charge in [-0.05, 0) is 110 Å². The van der Waals surface area contributed by atoms with Gasteiger partial charge in [0.05, 0.1) is 11.2 Å². The number of rotatable bonds is 5. The number of aliphatic hydroxyl groups is 2. The molecule has 0 aromatic carbocycles. The molecule has 30 heavy (non-hydrogen) atoms. The van der Waals surface area contributed by atoms with Crippen LogP contribution in [0.4, 0.5) is 0 Å². The zero-order chi connectivity index (χ0) is 21.3. The van der Waals surface area contributed by atoms with Crippen molar-refractivity contribution in [3.05, 3.63) is 0 Å². The molecule has 0 radical (unpaired) electrons. The first-order valence-corrected chi connectivity index (χ1v) is 13.4. The summed E-state index contributed by atoms with van der Waals surface area (Å²) in [5.41, 5.74) is 1.05. The van der Waals surface area contributed by atoms with E-state index in [4.69, 9.17) is 0 Å². The van der Waals surface area contributed by atoms with Crippen LogP contribution < -0.4 is 0 Å². The Morgan fingerprint density at radius 1 is 0.400 bits per heavy atom. The van der Waals surface area contributed by atoms with Crippen LogP contribution in [0.3, 0.4) is 0 Å². The minimum atomic E-state index is -0.439. The Bertz CT molecular complexity index is 663. The molecule has 8 aliphatic carbocycles. The summed E-state index contributed by atoms with van der Waals surface area (Å²) in [6, 6.07) is 0. The molecule has 8 saturated carbocycles. The smallest absolute Gasteiger partial charge is 0.0663 e. The Hall–Kier alpha value is -0.0800. The monoisotopic (exact) mass is 414 g/mol. The molecule has 0 amide bonds. The molecule has 8 fully saturated rings. The molecule has 2 nitrogen and oxygen atoms in total. The van der Waals surface area contributed by atoms with Crippen molar-refractivity contribution in [3.63, 3.8) is 0 Å². The molecule has 170 valence electrons. The van der Waals surface area contributed by atoms with Gasteiger partial charge in [0, 0.05) is 0 Å². The molecule has 8 rings (SSSR count). The van der Waals surface area contributed by atoms with E-state index < -0.39 is 11.2 Å². The number of hydrogen-bond acceptors (Lipinski definition) is 2. The van der Waals surface area contributed by atoms with Gasteiger partial charge < -0.3 is 10.2 Å². The van der Waals surface area contributed by atoms with Crippen LogP contribution in [0.15, 0.2) is 0 Å². The van der Waals surface area contributed by atoms with Crippen LogP contribution in [0.5, 0.6) is 0 Å². The maximum atomic E-state index is 12.0. The fourth-order valence-electron chi connectivity index (χ4n) is 12.6. The van der Waals surface area contributed by atoms with Gasteiger partial charge in [0.15, 0.2) is 0 Å². The van der Waals surface area contributed by atoms with Crippen molar-refractivity contribution in [3.8, 4) is 0 Å². The molecule has 2 heteroatoms. The third kappa shape index (κ3) is 2.34. The summed E-state index contributed by atoms with van der Waals surface area (Å²) in [6.45, 7) is 9.62. The van der Waals surface area contributed by atoms with E-state index in [1.54, 1.807) is 0 Å². The Morgan fingerprint density at radius 3 is 0.900 bits per heavy atom. The molecule has 2 N–H and O–H groups in total. The van der Waals surface area contributed by atoms with E-state index in [9.17, 15) is 10.2 Å². The van der Waals surface area contributed by atoms with E-state index in [0.717, 1.165) is 38.5 Å². The Morgan fingerprint density at radius 2 is 0.667 bits per heavy atom. The lowest BCUT2D eigenvalue weighted by atomic mass is 9.26. The second kappa shape index (κ2) is 5.52. The first-order chi connectivity index (χ1) is 14.0. The molecule has 4 atom stereocenters. The standard InChI is InChI=1S/C28H46O2/c1-5-21-9-22(6-2)12-25(11-21,19-27(29,15-21)16-22)26-13-23(7-3)10-24(8-4,14-26)18-28(30,17-23)20-26/h29-30H,5-20H2,1-4H3. The van der Waals surface area contributed by atoms with E-state index in [1.807, 2.05) is 0 Å². The predicted molar refractivity (Wildman–Crippen MR) is 121 cm³/mol. The van der Waals surface area contributed by atoms with Crippen molar-refractivity contribution in [1.29, 1.82) is 0 Å². The van der Waals surface area contributed by atoms with E-state index in [0.29, 0.717) is 21.7 Å². The van der Waals surface area contributed by atoms with Gasteiger partial charge in [0.1, 0.15) is 0 Å². The molecule has 4 unspecified atom stereocenters. The maximum Gasteiger partial charge on any atom is 0.0663 e. The Balaban J connectivity index is 1.53. The number of hydrogen-bond donors (Lipinski definition) is 2. The van der Waals surface area contributed by atoms with Crippen LogP contribution in [-0.2, 0) is 0 Å². The third-order valence-electron chi connectivity index (χ3n) is 12.6. The van der Waals surface area contributed by atoms with Gasteiger partial charge in [-0.2, -0.15) is 0 Å². The lowest BCUT2D eigenvalue weighted by Crippen LogP contribution is -2.73. The van der Waals surface area contributed by atoms with Crippen LogP contribution >= 0.6 is 0 Å². The summed E-state index contributed by atoms with van der Waals surface area (Å²) >= 11 is 0. The summed E-state index contributed by atoms with van der Waals surface area (Å²) in [5.74, 6) is 0. The van der Waals surface area contributed by atoms with Crippen LogP contribution in [-0.4, -0.2) is 21.4 Å². The van der Waals surface area contributed by atoms with Gasteiger partial charge in [-0.15, -0.1) is 0 Å². The molecular weight excluding hydrogens is 368 g/mol. The van der Waals surface area contributed by atoms with Crippen molar-refractivity contribution in [1.82, 2.24) is 0 Å². The summed E-state index contributed by atoms with van der Waals surface area (Å²) < 4.78 is 0. The van der Waals surface area contributed by atoms with E-state index in [2.05, 4.69) is 27.7 Å². The SMILES string of the molecule is CCC12CC3(O)CC(CC)(C1)CC(C14CC5(O)CC(CC)(CC(CC)(C5)C1)C4)(C3)C2. The van der Waals surface area contributed by atoms with Crippen molar-refractivity contribution < 1.29 is 10.2 Å². The Kier molecular flexibility index (Phi) is 3.77. The van der Waals surface area contributed by atoms with Gasteiger partial charge in [-0.3, -0.25) is 0 Å². The molecule has 8 bridgehead atoms. The summed E-state index contributed by atoms with van der Waals surface area (Å²) in [5, 5.41) is 24.0. The highest BCUT2D eigenvalue weighted by molar-refractivity contribution is 5.27. The first-order valence-electron chi connectivity index (χ1n) is 13.4. The van der Waals surface area contributed by atoms with Gasteiger partial charge in [0.25, 0.3) is 0 Å². The van der Waals surface area contributed by atoms with Gasteiger partial charge in [-0.25, -0.2) is 0 Å². The minimum Gasteiger partial charge on any atom is -0.390 e. The van der Waals surface area contributed by atoms with Gasteiger partial charge in [-0.1, -0.05) is 53.4 Å². The fourth-order valence-corrected chi connectivity index (χ4v) is 12.6. The van der Waals surface area contributed by atoms with E-state index in [-0.39, 0.29) is 10.8 Å². The second-order valence-electron chi connectivity index (χ2n) is 14.5. The molecule has 0 spiro atoms. The van der Waals surface area contributed by atoms with Crippen LogP contribution in [0.1, 0.15) is 130 Å². The quantitative estimate of drug-likeness (QED) is 0.521. The topological polar surface area (TPSA) is 40.5 Å². The molecule has 0 aromatic heterocycles. The Labute approximate surface area is 184 Å².